The summed E-state index contributed by atoms with van der Waals surface area (Å²) < 4.78 is 0. The van der Waals surface area contributed by atoms with Crippen LogP contribution in [0.3, 0.4) is 0 Å². The Kier molecular flexibility index (Phi) is 4.47. The Labute approximate surface area is 126 Å². The highest BCUT2D eigenvalue weighted by Gasteiger charge is 2.24. The second-order valence-electron chi connectivity index (χ2n) is 4.49. The molecule has 0 aliphatic carbocycles. The van der Waals surface area contributed by atoms with E-state index in [1.54, 1.807) is 44.4 Å². The smallest absolute Gasteiger partial charge is 0.355 e. The van der Waals surface area contributed by atoms with Crippen LogP contribution in [0.25, 0.3) is 0 Å². The third-order valence-electron chi connectivity index (χ3n) is 2.74. The van der Waals surface area contributed by atoms with Crippen LogP contribution in [0.2, 0.25) is 0 Å². The lowest BCUT2D eigenvalue weighted by Crippen LogP contribution is -2.30. The van der Waals surface area contributed by atoms with E-state index in [4.69, 9.17) is 0 Å². The lowest BCUT2D eigenvalue weighted by molar-refractivity contribution is -0.383. The van der Waals surface area contributed by atoms with Gasteiger partial charge in [-0.2, -0.15) is 0 Å². The van der Waals surface area contributed by atoms with Gasteiger partial charge in [-0.3, -0.25) is 25.8 Å². The highest BCUT2D eigenvalue weighted by atomic mass is 16.6. The van der Waals surface area contributed by atoms with E-state index in [0.29, 0.717) is 5.56 Å². The molecule has 1 aromatic heterocycles. The zero-order valence-corrected chi connectivity index (χ0v) is 12.0. The number of aromatic nitrogens is 2. The van der Waals surface area contributed by atoms with Crippen molar-refractivity contribution in [2.75, 3.05) is 24.4 Å². The van der Waals surface area contributed by atoms with E-state index in [1.807, 2.05) is 0 Å². The van der Waals surface area contributed by atoms with Crippen LogP contribution in [0, 0.1) is 10.1 Å². The van der Waals surface area contributed by atoms with Gasteiger partial charge in [0.25, 0.3) is 5.91 Å². The van der Waals surface area contributed by atoms with Crippen LogP contribution in [0.4, 0.5) is 17.3 Å². The molecule has 0 unspecified atom stereocenters. The largest absolute Gasteiger partial charge is 0.357 e. The number of benzene rings is 1. The van der Waals surface area contributed by atoms with Gasteiger partial charge in [0, 0.05) is 19.7 Å². The molecule has 2 rings (SSSR count). The molecule has 0 atom stereocenters. The molecule has 9 nitrogen and oxygen atoms in total. The van der Waals surface area contributed by atoms with E-state index in [2.05, 4.69) is 20.8 Å². The molecule has 2 N–H and O–H groups in total. The molecule has 0 aliphatic heterocycles. The third-order valence-corrected chi connectivity index (χ3v) is 2.74. The van der Waals surface area contributed by atoms with Crippen molar-refractivity contribution in [1.82, 2.24) is 15.4 Å². The Morgan fingerprint density at radius 2 is 1.91 bits per heavy atom. The van der Waals surface area contributed by atoms with E-state index < -0.39 is 10.8 Å². The SMILES string of the molecule is CN(C)c1ncnc(NNC(=O)c2ccccc2)c1[N+](=O)[O-]. The van der Waals surface area contributed by atoms with Crippen molar-refractivity contribution in [1.29, 1.82) is 0 Å². The normalized spacial score (nSPS) is 9.91. The van der Waals surface area contributed by atoms with Crippen LogP contribution < -0.4 is 15.8 Å². The molecule has 0 radical (unpaired) electrons. The average Bonchev–Trinajstić information content (AvgIpc) is 2.52. The Bertz CT molecular complexity index is 689. The monoisotopic (exact) mass is 302 g/mol. The quantitative estimate of drug-likeness (QED) is 0.630. The fourth-order valence-corrected chi connectivity index (χ4v) is 1.73. The first-order chi connectivity index (χ1) is 10.5. The Morgan fingerprint density at radius 3 is 2.50 bits per heavy atom. The molecule has 1 amide bonds. The molecule has 22 heavy (non-hydrogen) atoms. The first kappa shape index (κ1) is 15.2. The first-order valence-corrected chi connectivity index (χ1v) is 6.29. The van der Waals surface area contributed by atoms with Crippen molar-refractivity contribution in [3.8, 4) is 0 Å². The molecule has 1 heterocycles. The van der Waals surface area contributed by atoms with E-state index in [0.717, 1.165) is 0 Å². The molecule has 0 saturated heterocycles. The number of anilines is 2. The van der Waals surface area contributed by atoms with E-state index in [9.17, 15) is 14.9 Å². The second-order valence-corrected chi connectivity index (χ2v) is 4.49. The van der Waals surface area contributed by atoms with E-state index in [-0.39, 0.29) is 17.3 Å². The maximum atomic E-state index is 11.9. The van der Waals surface area contributed by atoms with Crippen molar-refractivity contribution in [3.63, 3.8) is 0 Å². The highest BCUT2D eigenvalue weighted by Crippen LogP contribution is 2.29. The molecule has 0 saturated carbocycles. The summed E-state index contributed by atoms with van der Waals surface area (Å²) >= 11 is 0. The minimum absolute atomic E-state index is 0.0898. The van der Waals surface area contributed by atoms with Gasteiger partial charge < -0.3 is 4.90 Å². The summed E-state index contributed by atoms with van der Waals surface area (Å²) in [5, 5.41) is 11.2. The molecule has 0 bridgehead atoms. The molecule has 1 aromatic carbocycles. The van der Waals surface area contributed by atoms with Crippen LogP contribution in [0.15, 0.2) is 36.7 Å². The van der Waals surface area contributed by atoms with E-state index in [1.165, 1.54) is 11.2 Å². The molecular weight excluding hydrogens is 288 g/mol. The summed E-state index contributed by atoms with van der Waals surface area (Å²) in [6.07, 6.45) is 1.18. The highest BCUT2D eigenvalue weighted by molar-refractivity contribution is 5.95. The van der Waals surface area contributed by atoms with Gasteiger partial charge in [-0.05, 0) is 12.1 Å². The number of hydrazine groups is 1. The summed E-state index contributed by atoms with van der Waals surface area (Å²) in [6, 6.07) is 8.45. The minimum Gasteiger partial charge on any atom is -0.357 e. The van der Waals surface area contributed by atoms with Crippen molar-refractivity contribution in [3.05, 3.63) is 52.3 Å². The van der Waals surface area contributed by atoms with Crippen LogP contribution in [-0.4, -0.2) is 34.9 Å². The number of carbonyl (C=O) groups is 1. The summed E-state index contributed by atoms with van der Waals surface area (Å²) in [6.45, 7) is 0. The van der Waals surface area contributed by atoms with Crippen LogP contribution in [0.1, 0.15) is 10.4 Å². The summed E-state index contributed by atoms with van der Waals surface area (Å²) in [4.78, 5) is 31.7. The van der Waals surface area contributed by atoms with Gasteiger partial charge in [-0.1, -0.05) is 18.2 Å². The zero-order valence-electron chi connectivity index (χ0n) is 12.0. The van der Waals surface area contributed by atoms with E-state index >= 15 is 0 Å². The predicted molar refractivity (Wildman–Crippen MR) is 80.5 cm³/mol. The molecule has 0 aliphatic rings. The summed E-state index contributed by atoms with van der Waals surface area (Å²) in [7, 11) is 3.25. The Balaban J connectivity index is 2.21. The molecule has 0 spiro atoms. The maximum Gasteiger partial charge on any atom is 0.355 e. The fourth-order valence-electron chi connectivity index (χ4n) is 1.73. The second kappa shape index (κ2) is 6.48. The Morgan fingerprint density at radius 1 is 1.23 bits per heavy atom. The first-order valence-electron chi connectivity index (χ1n) is 6.29. The van der Waals surface area contributed by atoms with Gasteiger partial charge >= 0.3 is 5.69 Å². The number of amides is 1. The van der Waals surface area contributed by atoms with Crippen molar-refractivity contribution in [2.45, 2.75) is 0 Å². The number of nitrogens with one attached hydrogen (secondary N) is 2. The molecular formula is C13H14N6O3. The van der Waals surface area contributed by atoms with Crippen LogP contribution in [-0.2, 0) is 0 Å². The van der Waals surface area contributed by atoms with Crippen LogP contribution >= 0.6 is 0 Å². The summed E-state index contributed by atoms with van der Waals surface area (Å²) in [5.41, 5.74) is 4.94. The molecule has 114 valence electrons. The lowest BCUT2D eigenvalue weighted by atomic mass is 10.2. The fraction of sp³-hybridized carbons (Fsp3) is 0.154. The third kappa shape index (κ3) is 3.26. The van der Waals surface area contributed by atoms with Crippen molar-refractivity contribution in [2.24, 2.45) is 0 Å². The number of hydrogen-bond acceptors (Lipinski definition) is 7. The van der Waals surface area contributed by atoms with Crippen molar-refractivity contribution < 1.29 is 9.72 Å². The van der Waals surface area contributed by atoms with Gasteiger partial charge in [0.05, 0.1) is 4.92 Å². The van der Waals surface area contributed by atoms with Gasteiger partial charge in [-0.15, -0.1) is 0 Å². The average molecular weight is 302 g/mol. The van der Waals surface area contributed by atoms with Gasteiger partial charge in [-0.25, -0.2) is 9.97 Å². The van der Waals surface area contributed by atoms with Gasteiger partial charge in [0.1, 0.15) is 6.33 Å². The van der Waals surface area contributed by atoms with Gasteiger partial charge in [0.15, 0.2) is 0 Å². The predicted octanol–water partition coefficient (Wildman–Crippen LogP) is 1.21. The van der Waals surface area contributed by atoms with Gasteiger partial charge in [0.2, 0.25) is 11.6 Å². The lowest BCUT2D eigenvalue weighted by Gasteiger charge is -2.13. The standard InChI is InChI=1S/C13H14N6O3/c1-18(2)12-10(19(21)22)11(14-8-15-12)16-17-13(20)9-6-4-3-5-7-9/h3-8H,1-2H3,(H,17,20)(H,14,15,16). The zero-order chi connectivity index (χ0) is 16.1. The number of hydrogen-bond donors (Lipinski definition) is 2. The Hall–Kier alpha value is -3.23. The van der Waals surface area contributed by atoms with Crippen LogP contribution in [0.5, 0.6) is 0 Å². The number of rotatable bonds is 5. The maximum absolute atomic E-state index is 11.9. The van der Waals surface area contributed by atoms with Crippen molar-refractivity contribution >= 4 is 23.2 Å². The molecule has 2 aromatic rings. The number of nitrogens with zero attached hydrogens (tertiary/aromatic N) is 4. The molecule has 0 fully saturated rings. The summed E-state index contributed by atoms with van der Waals surface area (Å²) in [5.74, 6) is -0.385. The number of nitro groups is 1. The minimum atomic E-state index is -0.605. The topological polar surface area (TPSA) is 113 Å². The number of carbonyl (C=O) groups excluding carboxylic acids is 1. The molecule has 9 heteroatoms.